The van der Waals surface area contributed by atoms with Gasteiger partial charge in [-0.15, -0.1) is 0 Å². The molecule has 0 radical (unpaired) electrons. The van der Waals surface area contributed by atoms with Crippen molar-refractivity contribution in [1.29, 1.82) is 0 Å². The number of para-hydroxylation sites is 1. The van der Waals surface area contributed by atoms with E-state index in [1.807, 2.05) is 31.2 Å². The fourth-order valence-electron chi connectivity index (χ4n) is 2.80. The molecule has 1 aromatic heterocycles. The van der Waals surface area contributed by atoms with Gasteiger partial charge in [0.1, 0.15) is 12.4 Å². The molecule has 0 saturated heterocycles. The van der Waals surface area contributed by atoms with E-state index in [1.54, 1.807) is 31.2 Å². The highest BCUT2D eigenvalue weighted by Gasteiger charge is 2.15. The van der Waals surface area contributed by atoms with Crippen molar-refractivity contribution in [3.05, 3.63) is 75.3 Å². The lowest BCUT2D eigenvalue weighted by molar-refractivity contribution is -0.122. The molecule has 0 fully saturated rings. The molecule has 5 nitrogen and oxygen atoms in total. The molecule has 1 heterocycles. The van der Waals surface area contributed by atoms with Gasteiger partial charge in [0.25, 0.3) is 5.56 Å². The van der Waals surface area contributed by atoms with Gasteiger partial charge in [0.2, 0.25) is 5.91 Å². The van der Waals surface area contributed by atoms with Gasteiger partial charge >= 0.3 is 0 Å². The SMILES string of the molecule is Cc1nc2ccccc2c(=O)n1CC(=O)N[C@H](C)c1ccccc1Cl. The fourth-order valence-corrected chi connectivity index (χ4v) is 3.10. The van der Waals surface area contributed by atoms with E-state index in [2.05, 4.69) is 10.3 Å². The highest BCUT2D eigenvalue weighted by Crippen LogP contribution is 2.22. The van der Waals surface area contributed by atoms with Crippen LogP contribution >= 0.6 is 11.6 Å². The lowest BCUT2D eigenvalue weighted by Gasteiger charge is -2.17. The summed E-state index contributed by atoms with van der Waals surface area (Å²) in [6.45, 7) is 3.49. The van der Waals surface area contributed by atoms with Crippen molar-refractivity contribution in [3.8, 4) is 0 Å². The second-order valence-corrected chi connectivity index (χ2v) is 6.29. The van der Waals surface area contributed by atoms with Gasteiger partial charge in [0.15, 0.2) is 0 Å². The van der Waals surface area contributed by atoms with Crippen LogP contribution in [0.2, 0.25) is 5.02 Å². The van der Waals surface area contributed by atoms with E-state index < -0.39 is 0 Å². The standard InChI is InChI=1S/C19H18ClN3O2/c1-12(14-7-3-5-9-16(14)20)21-18(24)11-23-13(2)22-17-10-6-4-8-15(17)19(23)25/h3-10,12H,11H2,1-2H3,(H,21,24)/t12-/m1/s1. The number of hydrogen-bond donors (Lipinski definition) is 1. The first-order chi connectivity index (χ1) is 12.0. The zero-order valence-corrected chi connectivity index (χ0v) is 14.7. The molecular weight excluding hydrogens is 338 g/mol. The van der Waals surface area contributed by atoms with Crippen LogP contribution in [0.15, 0.2) is 53.3 Å². The molecular formula is C19H18ClN3O2. The minimum absolute atomic E-state index is 0.0860. The summed E-state index contributed by atoms with van der Waals surface area (Å²) in [5.74, 6) is 0.235. The fraction of sp³-hybridized carbons (Fsp3) is 0.211. The summed E-state index contributed by atoms with van der Waals surface area (Å²) < 4.78 is 1.39. The lowest BCUT2D eigenvalue weighted by Crippen LogP contribution is -2.35. The van der Waals surface area contributed by atoms with Crippen molar-refractivity contribution in [1.82, 2.24) is 14.9 Å². The Morgan fingerprint density at radius 2 is 1.88 bits per heavy atom. The maximum absolute atomic E-state index is 12.6. The van der Waals surface area contributed by atoms with Crippen molar-refractivity contribution in [2.75, 3.05) is 0 Å². The Morgan fingerprint density at radius 3 is 2.64 bits per heavy atom. The molecule has 0 unspecified atom stereocenters. The molecule has 1 amide bonds. The average molecular weight is 356 g/mol. The number of carbonyl (C=O) groups excluding carboxylic acids is 1. The van der Waals surface area contributed by atoms with Crippen LogP contribution in [0, 0.1) is 6.92 Å². The van der Waals surface area contributed by atoms with Gasteiger partial charge in [-0.25, -0.2) is 4.98 Å². The number of rotatable bonds is 4. The minimum Gasteiger partial charge on any atom is -0.348 e. The second kappa shape index (κ2) is 7.07. The van der Waals surface area contributed by atoms with E-state index in [0.717, 1.165) is 5.56 Å². The van der Waals surface area contributed by atoms with Crippen molar-refractivity contribution < 1.29 is 4.79 Å². The third-order valence-electron chi connectivity index (χ3n) is 4.10. The molecule has 0 aliphatic heterocycles. The summed E-state index contributed by atoms with van der Waals surface area (Å²) in [6, 6.07) is 14.2. The predicted molar refractivity (Wildman–Crippen MR) is 98.7 cm³/mol. The third-order valence-corrected chi connectivity index (χ3v) is 4.45. The van der Waals surface area contributed by atoms with Gasteiger partial charge in [0.05, 0.1) is 16.9 Å². The smallest absolute Gasteiger partial charge is 0.261 e. The number of nitrogens with one attached hydrogen (secondary N) is 1. The number of halogens is 1. The molecule has 128 valence electrons. The molecule has 25 heavy (non-hydrogen) atoms. The second-order valence-electron chi connectivity index (χ2n) is 5.88. The Labute approximate surface area is 150 Å². The monoisotopic (exact) mass is 355 g/mol. The molecule has 0 bridgehead atoms. The van der Waals surface area contributed by atoms with Crippen molar-refractivity contribution in [2.24, 2.45) is 0 Å². The number of nitrogens with zero attached hydrogens (tertiary/aromatic N) is 2. The summed E-state index contributed by atoms with van der Waals surface area (Å²) in [5.41, 5.74) is 1.24. The number of aryl methyl sites for hydroxylation is 1. The van der Waals surface area contributed by atoms with Crippen LogP contribution in [0.4, 0.5) is 0 Å². The maximum atomic E-state index is 12.6. The molecule has 3 rings (SSSR count). The molecule has 1 N–H and O–H groups in total. The first-order valence-corrected chi connectivity index (χ1v) is 8.35. The Kier molecular flexibility index (Phi) is 4.86. The van der Waals surface area contributed by atoms with E-state index in [0.29, 0.717) is 21.7 Å². The first kappa shape index (κ1) is 17.2. The zero-order valence-electron chi connectivity index (χ0n) is 14.0. The van der Waals surface area contributed by atoms with E-state index in [1.165, 1.54) is 4.57 Å². The summed E-state index contributed by atoms with van der Waals surface area (Å²) in [7, 11) is 0. The van der Waals surface area contributed by atoms with Gasteiger partial charge < -0.3 is 5.32 Å². The highest BCUT2D eigenvalue weighted by molar-refractivity contribution is 6.31. The van der Waals surface area contributed by atoms with Gasteiger partial charge in [-0.2, -0.15) is 0 Å². The maximum Gasteiger partial charge on any atom is 0.261 e. The van der Waals surface area contributed by atoms with Gasteiger partial charge in [-0.1, -0.05) is 41.9 Å². The number of benzene rings is 2. The Morgan fingerprint density at radius 1 is 1.20 bits per heavy atom. The van der Waals surface area contributed by atoms with Crippen LogP contribution in [-0.2, 0) is 11.3 Å². The Bertz CT molecular complexity index is 997. The van der Waals surface area contributed by atoms with E-state index in [-0.39, 0.29) is 24.1 Å². The molecule has 2 aromatic carbocycles. The summed E-state index contributed by atoms with van der Waals surface area (Å²) in [6.07, 6.45) is 0. The Balaban J connectivity index is 1.83. The van der Waals surface area contributed by atoms with Crippen molar-refractivity contribution >= 4 is 28.4 Å². The molecule has 0 aliphatic carbocycles. The number of fused-ring (bicyclic) bond motifs is 1. The topological polar surface area (TPSA) is 64.0 Å². The highest BCUT2D eigenvalue weighted by atomic mass is 35.5. The number of carbonyl (C=O) groups is 1. The number of amides is 1. The largest absolute Gasteiger partial charge is 0.348 e. The zero-order chi connectivity index (χ0) is 18.0. The first-order valence-electron chi connectivity index (χ1n) is 7.97. The molecule has 0 aliphatic rings. The normalized spacial score (nSPS) is 12.1. The Hall–Kier alpha value is -2.66. The van der Waals surface area contributed by atoms with Crippen LogP contribution in [-0.4, -0.2) is 15.5 Å². The van der Waals surface area contributed by atoms with Crippen LogP contribution in [0.25, 0.3) is 10.9 Å². The molecule has 1 atom stereocenters. The molecule has 0 saturated carbocycles. The summed E-state index contributed by atoms with van der Waals surface area (Å²) >= 11 is 6.16. The summed E-state index contributed by atoms with van der Waals surface area (Å²) in [4.78, 5) is 29.4. The van der Waals surface area contributed by atoms with Crippen molar-refractivity contribution in [2.45, 2.75) is 26.4 Å². The van der Waals surface area contributed by atoms with Crippen LogP contribution < -0.4 is 10.9 Å². The number of aromatic nitrogens is 2. The average Bonchev–Trinajstić information content (AvgIpc) is 2.59. The lowest BCUT2D eigenvalue weighted by atomic mass is 10.1. The molecule has 3 aromatic rings. The minimum atomic E-state index is -0.269. The molecule has 0 spiro atoms. The number of hydrogen-bond acceptors (Lipinski definition) is 3. The van der Waals surface area contributed by atoms with E-state index >= 15 is 0 Å². The molecule has 6 heteroatoms. The van der Waals surface area contributed by atoms with Crippen LogP contribution in [0.1, 0.15) is 24.4 Å². The van der Waals surface area contributed by atoms with Crippen LogP contribution in [0.5, 0.6) is 0 Å². The predicted octanol–water partition coefficient (Wildman–Crippen LogP) is 3.24. The van der Waals surface area contributed by atoms with Crippen molar-refractivity contribution in [3.63, 3.8) is 0 Å². The van der Waals surface area contributed by atoms with Gasteiger partial charge in [-0.3, -0.25) is 14.2 Å². The van der Waals surface area contributed by atoms with E-state index in [4.69, 9.17) is 11.6 Å². The van der Waals surface area contributed by atoms with Crippen LogP contribution in [0.3, 0.4) is 0 Å². The third kappa shape index (κ3) is 3.56. The quantitative estimate of drug-likeness (QED) is 0.781. The van der Waals surface area contributed by atoms with Gasteiger partial charge in [0, 0.05) is 5.02 Å². The van der Waals surface area contributed by atoms with Gasteiger partial charge in [-0.05, 0) is 37.6 Å². The summed E-state index contributed by atoms with van der Waals surface area (Å²) in [5, 5.41) is 3.97. The van der Waals surface area contributed by atoms with E-state index in [9.17, 15) is 9.59 Å².